The van der Waals surface area contributed by atoms with Crippen LogP contribution in [0, 0.1) is 13.8 Å². The van der Waals surface area contributed by atoms with Crippen molar-refractivity contribution in [3.8, 4) is 5.69 Å². The van der Waals surface area contributed by atoms with Crippen LogP contribution in [-0.2, 0) is 6.54 Å². The largest absolute Gasteiger partial charge is 0.356 e. The summed E-state index contributed by atoms with van der Waals surface area (Å²) in [5, 5.41) is 11.3. The number of thioether (sulfide) groups is 1. The van der Waals surface area contributed by atoms with Crippen LogP contribution in [0.3, 0.4) is 0 Å². The maximum absolute atomic E-state index is 4.67. The predicted molar refractivity (Wildman–Crippen MR) is 115 cm³/mol. The van der Waals surface area contributed by atoms with E-state index in [1.807, 2.05) is 41.6 Å². The number of rotatable bonds is 6. The van der Waals surface area contributed by atoms with Gasteiger partial charge >= 0.3 is 0 Å². The maximum Gasteiger partial charge on any atom is 0.191 e. The van der Waals surface area contributed by atoms with Gasteiger partial charge in [0.2, 0.25) is 0 Å². The van der Waals surface area contributed by atoms with Crippen LogP contribution in [0.15, 0.2) is 35.3 Å². The molecule has 0 unspecified atom stereocenters. The van der Waals surface area contributed by atoms with E-state index >= 15 is 0 Å². The van der Waals surface area contributed by atoms with Crippen LogP contribution in [0.2, 0.25) is 0 Å². The lowest BCUT2D eigenvalue weighted by Crippen LogP contribution is -2.38. The molecule has 0 saturated heterocycles. The normalized spacial score (nSPS) is 11.1. The third-order valence-corrected chi connectivity index (χ3v) is 4.31. The first-order valence-corrected chi connectivity index (χ1v) is 9.10. The van der Waals surface area contributed by atoms with Crippen molar-refractivity contribution in [1.29, 1.82) is 0 Å². The molecule has 0 fully saturated rings. The van der Waals surface area contributed by atoms with Crippen LogP contribution in [-0.4, -0.2) is 41.3 Å². The molecule has 7 heteroatoms. The van der Waals surface area contributed by atoms with E-state index in [1.165, 1.54) is 5.56 Å². The van der Waals surface area contributed by atoms with E-state index in [-0.39, 0.29) is 24.0 Å². The number of hydrogen-bond donors (Lipinski definition) is 2. The number of aromatic nitrogens is 2. The number of halogens is 1. The van der Waals surface area contributed by atoms with Gasteiger partial charge in [-0.1, -0.05) is 18.2 Å². The van der Waals surface area contributed by atoms with E-state index in [2.05, 4.69) is 46.0 Å². The Morgan fingerprint density at radius 3 is 2.54 bits per heavy atom. The number of aliphatic imine (C=N–C) groups is 1. The first-order valence-electron chi connectivity index (χ1n) is 7.71. The molecule has 0 spiro atoms. The van der Waals surface area contributed by atoms with E-state index in [1.54, 1.807) is 7.05 Å². The van der Waals surface area contributed by atoms with Crippen molar-refractivity contribution < 1.29 is 0 Å². The summed E-state index contributed by atoms with van der Waals surface area (Å²) in [5.74, 6) is 1.88. The Balaban J connectivity index is 0.00000288. The van der Waals surface area contributed by atoms with Gasteiger partial charge in [0, 0.05) is 37.1 Å². The van der Waals surface area contributed by atoms with Gasteiger partial charge in [0.25, 0.3) is 0 Å². The standard InChI is InChI=1S/C17H25N5S.HI/c1-13-16(12-20-17(18-3)19-10-11-23-4)14(2)22(21-13)15-8-6-5-7-9-15;/h5-9H,10-12H2,1-4H3,(H2,18,19,20);1H. The summed E-state index contributed by atoms with van der Waals surface area (Å²) < 4.78 is 2.00. The van der Waals surface area contributed by atoms with Gasteiger partial charge in [-0.25, -0.2) is 4.68 Å². The van der Waals surface area contributed by atoms with Gasteiger partial charge in [0.15, 0.2) is 5.96 Å². The number of guanidine groups is 1. The number of para-hydroxylation sites is 1. The second kappa shape index (κ2) is 10.6. The summed E-state index contributed by atoms with van der Waals surface area (Å²) in [6.07, 6.45) is 2.10. The fraction of sp³-hybridized carbons (Fsp3) is 0.412. The quantitative estimate of drug-likeness (QED) is 0.302. The molecule has 24 heavy (non-hydrogen) atoms. The minimum Gasteiger partial charge on any atom is -0.356 e. The fourth-order valence-corrected chi connectivity index (χ4v) is 2.72. The Morgan fingerprint density at radius 2 is 1.92 bits per heavy atom. The highest BCUT2D eigenvalue weighted by Gasteiger charge is 2.12. The van der Waals surface area contributed by atoms with Crippen molar-refractivity contribution in [2.45, 2.75) is 20.4 Å². The van der Waals surface area contributed by atoms with Crippen LogP contribution in [0.1, 0.15) is 17.0 Å². The van der Waals surface area contributed by atoms with E-state index in [4.69, 9.17) is 0 Å². The highest BCUT2D eigenvalue weighted by molar-refractivity contribution is 14.0. The minimum absolute atomic E-state index is 0. The summed E-state index contributed by atoms with van der Waals surface area (Å²) in [6, 6.07) is 10.2. The van der Waals surface area contributed by atoms with Gasteiger partial charge in [-0.3, -0.25) is 4.99 Å². The maximum atomic E-state index is 4.67. The molecule has 0 amide bonds. The number of benzene rings is 1. The molecule has 1 heterocycles. The molecular formula is C17H26IN5S. The van der Waals surface area contributed by atoms with Gasteiger partial charge in [-0.15, -0.1) is 24.0 Å². The molecule has 0 radical (unpaired) electrons. The third kappa shape index (κ3) is 5.41. The predicted octanol–water partition coefficient (Wildman–Crippen LogP) is 3.14. The van der Waals surface area contributed by atoms with E-state index < -0.39 is 0 Å². The fourth-order valence-electron chi connectivity index (χ4n) is 2.42. The Kier molecular flexibility index (Phi) is 9.20. The van der Waals surface area contributed by atoms with Crippen molar-refractivity contribution in [2.75, 3.05) is 25.6 Å². The van der Waals surface area contributed by atoms with E-state index in [0.717, 1.165) is 35.3 Å². The second-order valence-electron chi connectivity index (χ2n) is 5.24. The minimum atomic E-state index is 0. The Morgan fingerprint density at radius 1 is 1.21 bits per heavy atom. The Labute approximate surface area is 165 Å². The van der Waals surface area contributed by atoms with Gasteiger partial charge in [-0.2, -0.15) is 16.9 Å². The average Bonchev–Trinajstić information content (AvgIpc) is 2.86. The van der Waals surface area contributed by atoms with Gasteiger partial charge in [0.05, 0.1) is 11.4 Å². The molecule has 1 aromatic heterocycles. The van der Waals surface area contributed by atoms with Crippen molar-refractivity contribution in [3.05, 3.63) is 47.3 Å². The monoisotopic (exact) mass is 459 g/mol. The number of aryl methyl sites for hydroxylation is 1. The van der Waals surface area contributed by atoms with Crippen LogP contribution in [0.4, 0.5) is 0 Å². The molecule has 2 aromatic rings. The lowest BCUT2D eigenvalue weighted by atomic mass is 10.2. The van der Waals surface area contributed by atoms with Crippen LogP contribution >= 0.6 is 35.7 Å². The summed E-state index contributed by atoms with van der Waals surface area (Å²) in [5.41, 5.74) is 4.49. The zero-order chi connectivity index (χ0) is 16.7. The van der Waals surface area contributed by atoms with Crippen molar-refractivity contribution in [1.82, 2.24) is 20.4 Å². The summed E-state index contributed by atoms with van der Waals surface area (Å²) in [4.78, 5) is 4.26. The third-order valence-electron chi connectivity index (χ3n) is 3.70. The van der Waals surface area contributed by atoms with Crippen molar-refractivity contribution in [3.63, 3.8) is 0 Å². The molecule has 2 rings (SSSR count). The highest BCUT2D eigenvalue weighted by Crippen LogP contribution is 2.17. The summed E-state index contributed by atoms with van der Waals surface area (Å²) >= 11 is 1.82. The summed E-state index contributed by atoms with van der Waals surface area (Å²) in [7, 11) is 1.79. The molecule has 1 aromatic carbocycles. The highest BCUT2D eigenvalue weighted by atomic mass is 127. The molecular weight excluding hydrogens is 433 g/mol. The molecule has 5 nitrogen and oxygen atoms in total. The second-order valence-corrected chi connectivity index (χ2v) is 6.23. The Hall–Kier alpha value is -1.22. The molecule has 0 atom stereocenters. The van der Waals surface area contributed by atoms with Crippen LogP contribution in [0.25, 0.3) is 5.69 Å². The number of nitrogens with zero attached hydrogens (tertiary/aromatic N) is 3. The van der Waals surface area contributed by atoms with Gasteiger partial charge in [-0.05, 0) is 32.2 Å². The molecule has 0 aliphatic rings. The van der Waals surface area contributed by atoms with Gasteiger partial charge < -0.3 is 10.6 Å². The van der Waals surface area contributed by atoms with Crippen LogP contribution in [0.5, 0.6) is 0 Å². The molecule has 0 saturated carbocycles. The molecule has 2 N–H and O–H groups in total. The van der Waals surface area contributed by atoms with Crippen molar-refractivity contribution >= 4 is 41.7 Å². The average molecular weight is 459 g/mol. The first-order chi connectivity index (χ1) is 11.2. The van der Waals surface area contributed by atoms with Gasteiger partial charge in [0.1, 0.15) is 0 Å². The molecule has 0 bridgehead atoms. The summed E-state index contributed by atoms with van der Waals surface area (Å²) in [6.45, 7) is 5.77. The van der Waals surface area contributed by atoms with Crippen LogP contribution < -0.4 is 10.6 Å². The molecule has 0 aliphatic heterocycles. The Bertz CT molecular complexity index is 655. The first kappa shape index (κ1) is 20.8. The number of nitrogens with one attached hydrogen (secondary N) is 2. The molecule has 0 aliphatic carbocycles. The lowest BCUT2D eigenvalue weighted by molar-refractivity contribution is 0.817. The zero-order valence-corrected chi connectivity index (χ0v) is 17.8. The topological polar surface area (TPSA) is 54.2 Å². The lowest BCUT2D eigenvalue weighted by Gasteiger charge is -2.12. The SMILES string of the molecule is CN=C(NCCSC)NCc1c(C)nn(-c2ccccc2)c1C.I. The zero-order valence-electron chi connectivity index (χ0n) is 14.7. The molecule has 132 valence electrons. The van der Waals surface area contributed by atoms with E-state index in [0.29, 0.717) is 6.54 Å². The number of hydrogen-bond acceptors (Lipinski definition) is 3. The smallest absolute Gasteiger partial charge is 0.191 e. The van der Waals surface area contributed by atoms with Crippen molar-refractivity contribution in [2.24, 2.45) is 4.99 Å². The van der Waals surface area contributed by atoms with E-state index in [9.17, 15) is 0 Å².